The van der Waals surface area contributed by atoms with Crippen LogP contribution < -0.4 is 5.32 Å². The zero-order valence-electron chi connectivity index (χ0n) is 12.0. The molecule has 1 fully saturated rings. The quantitative estimate of drug-likeness (QED) is 0.527. The highest BCUT2D eigenvalue weighted by Gasteiger charge is 2.23. The van der Waals surface area contributed by atoms with E-state index in [0.717, 1.165) is 31.4 Å². The van der Waals surface area contributed by atoms with Gasteiger partial charge in [-0.05, 0) is 30.9 Å². The van der Waals surface area contributed by atoms with Crippen LogP contribution in [0, 0.1) is 21.8 Å². The number of benzene rings is 1. The van der Waals surface area contributed by atoms with E-state index in [4.69, 9.17) is 0 Å². The van der Waals surface area contributed by atoms with Crippen LogP contribution in [0.3, 0.4) is 0 Å². The second-order valence-electron chi connectivity index (χ2n) is 5.62. The molecule has 114 valence electrons. The molecule has 1 amide bonds. The van der Waals surface area contributed by atoms with Gasteiger partial charge in [-0.3, -0.25) is 14.9 Å². The van der Waals surface area contributed by atoms with Gasteiger partial charge in [0.15, 0.2) is 0 Å². The third kappa shape index (κ3) is 3.77. The van der Waals surface area contributed by atoms with Crippen LogP contribution in [-0.2, 0) is 0 Å². The highest BCUT2D eigenvalue weighted by molar-refractivity contribution is 5.94. The first-order valence-electron chi connectivity index (χ1n) is 7.24. The van der Waals surface area contributed by atoms with E-state index in [1.54, 1.807) is 0 Å². The maximum Gasteiger partial charge on any atom is 0.304 e. The fraction of sp³-hybridized carbons (Fsp3) is 0.533. The fourth-order valence-corrected chi connectivity index (χ4v) is 2.76. The molecule has 1 aromatic rings. The van der Waals surface area contributed by atoms with Crippen LogP contribution in [0.1, 0.15) is 49.4 Å². The molecule has 1 N–H and O–H groups in total. The number of hydrogen-bond donors (Lipinski definition) is 1. The summed E-state index contributed by atoms with van der Waals surface area (Å²) >= 11 is 0. The largest absolute Gasteiger partial charge is 0.349 e. The summed E-state index contributed by atoms with van der Waals surface area (Å²) in [5.41, 5.74) is -0.496. The summed E-state index contributed by atoms with van der Waals surface area (Å²) in [6, 6.07) is 3.33. The van der Waals surface area contributed by atoms with E-state index in [-0.39, 0.29) is 17.5 Å². The predicted octanol–water partition coefficient (Wildman–Crippen LogP) is 3.43. The number of amides is 1. The number of nitrogens with zero attached hydrogens (tertiary/aromatic N) is 1. The second kappa shape index (κ2) is 6.65. The number of carbonyl (C=O) groups is 1. The highest BCUT2D eigenvalue weighted by Crippen LogP contribution is 2.24. The average Bonchev–Trinajstić information content (AvgIpc) is 2.63. The number of nitro groups is 1. The van der Waals surface area contributed by atoms with Crippen molar-refractivity contribution in [1.82, 2.24) is 5.32 Å². The third-order valence-corrected chi connectivity index (χ3v) is 4.08. The molecule has 1 saturated carbocycles. The van der Waals surface area contributed by atoms with Gasteiger partial charge in [-0.2, -0.15) is 4.39 Å². The summed E-state index contributed by atoms with van der Waals surface area (Å²) in [5, 5.41) is 13.5. The molecule has 2 rings (SSSR count). The van der Waals surface area contributed by atoms with Gasteiger partial charge in [-0.25, -0.2) is 0 Å². The van der Waals surface area contributed by atoms with Crippen molar-refractivity contribution in [3.63, 3.8) is 0 Å². The molecule has 21 heavy (non-hydrogen) atoms. The lowest BCUT2D eigenvalue weighted by molar-refractivity contribution is -0.387. The van der Waals surface area contributed by atoms with Crippen molar-refractivity contribution in [2.45, 2.75) is 45.1 Å². The molecule has 1 aliphatic rings. The molecule has 6 heteroatoms. The standard InChI is InChI=1S/C15H19FN2O3/c1-10-5-3-2-4-6-13(10)17-15(19)11-7-8-14(18(20)21)12(16)9-11/h7-10,13H,2-6H2,1H3,(H,17,19). The van der Waals surface area contributed by atoms with E-state index in [1.807, 2.05) is 0 Å². The highest BCUT2D eigenvalue weighted by atomic mass is 19.1. The van der Waals surface area contributed by atoms with E-state index in [0.29, 0.717) is 5.92 Å². The molecule has 0 spiro atoms. The van der Waals surface area contributed by atoms with Crippen molar-refractivity contribution < 1.29 is 14.1 Å². The van der Waals surface area contributed by atoms with Crippen LogP contribution in [0.15, 0.2) is 18.2 Å². The molecule has 0 bridgehead atoms. The van der Waals surface area contributed by atoms with E-state index < -0.39 is 16.4 Å². The van der Waals surface area contributed by atoms with Gasteiger partial charge in [0.25, 0.3) is 5.91 Å². The second-order valence-corrected chi connectivity index (χ2v) is 5.62. The molecular formula is C15H19FN2O3. The topological polar surface area (TPSA) is 72.2 Å². The maximum atomic E-state index is 13.6. The number of carbonyl (C=O) groups excluding carboxylic acids is 1. The summed E-state index contributed by atoms with van der Waals surface area (Å²) in [4.78, 5) is 21.9. The van der Waals surface area contributed by atoms with Gasteiger partial charge in [0, 0.05) is 17.7 Å². The van der Waals surface area contributed by atoms with Crippen molar-refractivity contribution in [3.05, 3.63) is 39.7 Å². The van der Waals surface area contributed by atoms with Gasteiger partial charge in [0.1, 0.15) is 0 Å². The summed E-state index contributed by atoms with van der Waals surface area (Å²) in [5.74, 6) is -0.969. The maximum absolute atomic E-state index is 13.6. The minimum absolute atomic E-state index is 0.0817. The van der Waals surface area contributed by atoms with Gasteiger partial charge >= 0.3 is 5.69 Å². The number of nitro benzene ring substituents is 1. The Morgan fingerprint density at radius 1 is 1.33 bits per heavy atom. The van der Waals surface area contributed by atoms with E-state index in [2.05, 4.69) is 12.2 Å². The Kier molecular flexibility index (Phi) is 4.88. The van der Waals surface area contributed by atoms with Gasteiger partial charge < -0.3 is 5.32 Å². The van der Waals surface area contributed by atoms with Gasteiger partial charge in [-0.15, -0.1) is 0 Å². The lowest BCUT2D eigenvalue weighted by atomic mass is 9.96. The van der Waals surface area contributed by atoms with Crippen molar-refractivity contribution >= 4 is 11.6 Å². The minimum Gasteiger partial charge on any atom is -0.349 e. The normalized spacial score (nSPS) is 22.4. The molecule has 0 radical (unpaired) electrons. The average molecular weight is 294 g/mol. The lowest BCUT2D eigenvalue weighted by Gasteiger charge is -2.22. The van der Waals surface area contributed by atoms with Crippen LogP contribution in [0.25, 0.3) is 0 Å². The summed E-state index contributed by atoms with van der Waals surface area (Å²) in [6.07, 6.45) is 5.40. The van der Waals surface area contributed by atoms with Crippen LogP contribution in [0.4, 0.5) is 10.1 Å². The van der Waals surface area contributed by atoms with Crippen LogP contribution in [-0.4, -0.2) is 16.9 Å². The van der Waals surface area contributed by atoms with E-state index in [9.17, 15) is 19.3 Å². The number of halogens is 1. The molecule has 2 atom stereocenters. The SMILES string of the molecule is CC1CCCCCC1NC(=O)c1ccc([N+](=O)[O-])c(F)c1. The van der Waals surface area contributed by atoms with Gasteiger partial charge in [0.05, 0.1) is 4.92 Å². The predicted molar refractivity (Wildman–Crippen MR) is 76.6 cm³/mol. The van der Waals surface area contributed by atoms with Crippen molar-refractivity contribution in [3.8, 4) is 0 Å². The fourth-order valence-electron chi connectivity index (χ4n) is 2.76. The van der Waals surface area contributed by atoms with Crippen molar-refractivity contribution in [2.24, 2.45) is 5.92 Å². The molecule has 0 saturated heterocycles. The van der Waals surface area contributed by atoms with E-state index in [1.165, 1.54) is 18.9 Å². The zero-order valence-corrected chi connectivity index (χ0v) is 12.0. The van der Waals surface area contributed by atoms with Crippen LogP contribution in [0.5, 0.6) is 0 Å². The molecule has 5 nitrogen and oxygen atoms in total. The number of hydrogen-bond acceptors (Lipinski definition) is 3. The third-order valence-electron chi connectivity index (χ3n) is 4.08. The molecule has 0 aromatic heterocycles. The molecule has 2 unspecified atom stereocenters. The Labute approximate surface area is 122 Å². The summed E-state index contributed by atoms with van der Waals surface area (Å²) < 4.78 is 13.6. The lowest BCUT2D eigenvalue weighted by Crippen LogP contribution is -2.38. The van der Waals surface area contributed by atoms with Crippen LogP contribution >= 0.6 is 0 Å². The Balaban J connectivity index is 2.09. The zero-order chi connectivity index (χ0) is 15.4. The number of nitrogens with one attached hydrogen (secondary N) is 1. The van der Waals surface area contributed by atoms with Gasteiger partial charge in [-0.1, -0.05) is 26.2 Å². The first-order valence-corrected chi connectivity index (χ1v) is 7.24. The number of rotatable bonds is 3. The Hall–Kier alpha value is -1.98. The van der Waals surface area contributed by atoms with Crippen LogP contribution in [0.2, 0.25) is 0 Å². The van der Waals surface area contributed by atoms with Crippen molar-refractivity contribution in [1.29, 1.82) is 0 Å². The van der Waals surface area contributed by atoms with Crippen molar-refractivity contribution in [2.75, 3.05) is 0 Å². The monoisotopic (exact) mass is 294 g/mol. The summed E-state index contributed by atoms with van der Waals surface area (Å²) in [6.45, 7) is 2.10. The van der Waals surface area contributed by atoms with E-state index >= 15 is 0 Å². The first-order chi connectivity index (χ1) is 9.99. The molecular weight excluding hydrogens is 275 g/mol. The Morgan fingerprint density at radius 2 is 2.05 bits per heavy atom. The Morgan fingerprint density at radius 3 is 2.71 bits per heavy atom. The first kappa shape index (κ1) is 15.4. The summed E-state index contributed by atoms with van der Waals surface area (Å²) in [7, 11) is 0. The molecule has 0 heterocycles. The molecule has 1 aromatic carbocycles. The molecule has 0 aliphatic heterocycles. The molecule has 1 aliphatic carbocycles. The van der Waals surface area contributed by atoms with Gasteiger partial charge in [0.2, 0.25) is 5.82 Å². The minimum atomic E-state index is -0.985. The smallest absolute Gasteiger partial charge is 0.304 e. The Bertz CT molecular complexity index is 548.